The van der Waals surface area contributed by atoms with Gasteiger partial charge in [-0.2, -0.15) is 4.98 Å². The lowest BCUT2D eigenvalue weighted by Crippen LogP contribution is -2.08. The molecule has 0 aliphatic heterocycles. The van der Waals surface area contributed by atoms with Crippen LogP contribution in [0.4, 0.5) is 0 Å². The molecule has 0 fully saturated rings. The van der Waals surface area contributed by atoms with Gasteiger partial charge in [0.25, 0.3) is 0 Å². The Morgan fingerprint density at radius 2 is 2.28 bits per heavy atom. The smallest absolute Gasteiger partial charge is 0.231 e. The summed E-state index contributed by atoms with van der Waals surface area (Å²) >= 11 is 0. The lowest BCUT2D eigenvalue weighted by Gasteiger charge is -2.03. The normalized spacial score (nSPS) is 12.4. The highest BCUT2D eigenvalue weighted by atomic mass is 16.5. The predicted octanol–water partition coefficient (Wildman–Crippen LogP) is 2.20. The lowest BCUT2D eigenvalue weighted by atomic mass is 10.2. The van der Waals surface area contributed by atoms with Gasteiger partial charge in [-0.25, -0.2) is 0 Å². The molecule has 18 heavy (non-hydrogen) atoms. The van der Waals surface area contributed by atoms with Crippen LogP contribution in [0.5, 0.6) is 5.75 Å². The fourth-order valence-electron chi connectivity index (χ4n) is 1.55. The van der Waals surface area contributed by atoms with Crippen molar-refractivity contribution in [3.8, 4) is 17.1 Å². The molecule has 0 saturated carbocycles. The molecule has 1 aromatic heterocycles. The van der Waals surface area contributed by atoms with Crippen LogP contribution >= 0.6 is 0 Å². The van der Waals surface area contributed by atoms with E-state index in [0.717, 1.165) is 11.3 Å². The molecular weight excluding hydrogens is 230 g/mol. The van der Waals surface area contributed by atoms with Gasteiger partial charge in [0.2, 0.25) is 11.7 Å². The molecule has 0 saturated heterocycles. The number of benzene rings is 1. The first-order valence-corrected chi connectivity index (χ1v) is 6.01. The molecule has 0 spiro atoms. The van der Waals surface area contributed by atoms with E-state index in [1.54, 1.807) is 0 Å². The second-order valence-corrected chi connectivity index (χ2v) is 4.05. The van der Waals surface area contributed by atoms with E-state index < -0.39 is 0 Å². The molecule has 2 N–H and O–H groups in total. The van der Waals surface area contributed by atoms with Gasteiger partial charge >= 0.3 is 0 Å². The Labute approximate surface area is 106 Å². The van der Waals surface area contributed by atoms with E-state index in [0.29, 0.717) is 24.9 Å². The molecular formula is C13H17N3O2. The van der Waals surface area contributed by atoms with Crippen molar-refractivity contribution in [3.63, 3.8) is 0 Å². The highest BCUT2D eigenvalue weighted by Gasteiger charge is 2.14. The van der Waals surface area contributed by atoms with E-state index in [1.165, 1.54) is 0 Å². The van der Waals surface area contributed by atoms with Gasteiger partial charge in [-0.1, -0.05) is 24.2 Å². The molecule has 0 bridgehead atoms. The molecule has 5 nitrogen and oxygen atoms in total. The van der Waals surface area contributed by atoms with Crippen molar-refractivity contribution in [2.45, 2.75) is 19.8 Å². The maximum absolute atomic E-state index is 5.57. The zero-order chi connectivity index (χ0) is 13.0. The van der Waals surface area contributed by atoms with Crippen molar-refractivity contribution in [1.82, 2.24) is 10.1 Å². The molecule has 1 atom stereocenters. The zero-order valence-electron chi connectivity index (χ0n) is 10.6. The highest BCUT2D eigenvalue weighted by molar-refractivity contribution is 5.56. The number of rotatable bonds is 5. The first kappa shape index (κ1) is 12.6. The van der Waals surface area contributed by atoms with E-state index in [9.17, 15) is 0 Å². The summed E-state index contributed by atoms with van der Waals surface area (Å²) in [4.78, 5) is 4.34. The summed E-state index contributed by atoms with van der Waals surface area (Å²) < 4.78 is 10.6. The van der Waals surface area contributed by atoms with Crippen molar-refractivity contribution < 1.29 is 9.26 Å². The number of hydrogen-bond donors (Lipinski definition) is 1. The minimum absolute atomic E-state index is 0.0707. The van der Waals surface area contributed by atoms with Gasteiger partial charge in [0, 0.05) is 18.0 Å². The predicted molar refractivity (Wildman–Crippen MR) is 68.4 cm³/mol. The van der Waals surface area contributed by atoms with Crippen LogP contribution in [0.25, 0.3) is 11.4 Å². The van der Waals surface area contributed by atoms with Crippen molar-refractivity contribution in [3.05, 3.63) is 30.2 Å². The third-order valence-corrected chi connectivity index (χ3v) is 2.62. The Balaban J connectivity index is 2.25. The van der Waals surface area contributed by atoms with Gasteiger partial charge in [-0.15, -0.1) is 0 Å². The number of hydrogen-bond acceptors (Lipinski definition) is 5. The van der Waals surface area contributed by atoms with Gasteiger partial charge in [-0.3, -0.25) is 0 Å². The minimum atomic E-state index is 0.0707. The molecule has 2 aromatic rings. The standard InChI is InChI=1S/C13H17N3O2/c1-3-17-11-6-4-5-10(7-11)12-15-13(18-16-12)9(2)8-14/h4-7,9H,3,8,14H2,1-2H3. The molecule has 0 radical (unpaired) electrons. The molecule has 1 heterocycles. The molecule has 1 aromatic carbocycles. The number of ether oxygens (including phenoxy) is 1. The van der Waals surface area contributed by atoms with Crippen LogP contribution < -0.4 is 10.5 Å². The first-order valence-electron chi connectivity index (χ1n) is 6.01. The molecule has 1 unspecified atom stereocenters. The Hall–Kier alpha value is -1.88. The van der Waals surface area contributed by atoms with Crippen LogP contribution in [-0.2, 0) is 0 Å². The van der Waals surface area contributed by atoms with Gasteiger partial charge in [0.05, 0.1) is 6.61 Å². The highest BCUT2D eigenvalue weighted by Crippen LogP contribution is 2.23. The van der Waals surface area contributed by atoms with Crippen molar-refractivity contribution >= 4 is 0 Å². The van der Waals surface area contributed by atoms with Crippen LogP contribution in [0, 0.1) is 0 Å². The van der Waals surface area contributed by atoms with Crippen molar-refractivity contribution in [2.75, 3.05) is 13.2 Å². The minimum Gasteiger partial charge on any atom is -0.494 e. The van der Waals surface area contributed by atoms with Crippen LogP contribution in [0.15, 0.2) is 28.8 Å². The van der Waals surface area contributed by atoms with Crippen LogP contribution in [-0.4, -0.2) is 23.3 Å². The molecule has 0 aliphatic carbocycles. The Bertz CT molecular complexity index is 510. The third kappa shape index (κ3) is 2.68. The Morgan fingerprint density at radius 1 is 1.44 bits per heavy atom. The molecule has 5 heteroatoms. The molecule has 0 amide bonds. The maximum atomic E-state index is 5.57. The maximum Gasteiger partial charge on any atom is 0.231 e. The Morgan fingerprint density at radius 3 is 3.00 bits per heavy atom. The third-order valence-electron chi connectivity index (χ3n) is 2.62. The summed E-state index contributed by atoms with van der Waals surface area (Å²) in [6, 6.07) is 7.62. The number of aromatic nitrogens is 2. The fraction of sp³-hybridized carbons (Fsp3) is 0.385. The summed E-state index contributed by atoms with van der Waals surface area (Å²) in [5.41, 5.74) is 6.44. The van der Waals surface area contributed by atoms with E-state index in [-0.39, 0.29) is 5.92 Å². The zero-order valence-corrected chi connectivity index (χ0v) is 10.6. The molecule has 0 aliphatic rings. The van der Waals surface area contributed by atoms with E-state index in [1.807, 2.05) is 38.1 Å². The van der Waals surface area contributed by atoms with Crippen molar-refractivity contribution in [2.24, 2.45) is 5.73 Å². The average Bonchev–Trinajstić information content (AvgIpc) is 2.88. The fourth-order valence-corrected chi connectivity index (χ4v) is 1.55. The van der Waals surface area contributed by atoms with Gasteiger partial charge in [0.1, 0.15) is 5.75 Å². The van der Waals surface area contributed by atoms with Crippen LogP contribution in [0.1, 0.15) is 25.7 Å². The van der Waals surface area contributed by atoms with E-state index >= 15 is 0 Å². The molecule has 2 rings (SSSR count). The first-order chi connectivity index (χ1) is 8.74. The summed E-state index contributed by atoms with van der Waals surface area (Å²) in [7, 11) is 0. The van der Waals surface area contributed by atoms with Gasteiger partial charge < -0.3 is 15.0 Å². The van der Waals surface area contributed by atoms with Crippen LogP contribution in [0.2, 0.25) is 0 Å². The van der Waals surface area contributed by atoms with Crippen LogP contribution in [0.3, 0.4) is 0 Å². The average molecular weight is 247 g/mol. The summed E-state index contributed by atoms with van der Waals surface area (Å²) in [6.45, 7) is 5.02. The number of nitrogens with two attached hydrogens (primary N) is 1. The van der Waals surface area contributed by atoms with E-state index in [4.69, 9.17) is 15.0 Å². The van der Waals surface area contributed by atoms with Gasteiger partial charge in [-0.05, 0) is 19.1 Å². The summed E-state index contributed by atoms with van der Waals surface area (Å²) in [5, 5.41) is 3.96. The molecule has 96 valence electrons. The Kier molecular flexibility index (Phi) is 3.94. The topological polar surface area (TPSA) is 74.2 Å². The van der Waals surface area contributed by atoms with Gasteiger partial charge in [0.15, 0.2) is 0 Å². The summed E-state index contributed by atoms with van der Waals surface area (Å²) in [5.74, 6) is 2.00. The van der Waals surface area contributed by atoms with Crippen molar-refractivity contribution in [1.29, 1.82) is 0 Å². The largest absolute Gasteiger partial charge is 0.494 e. The second-order valence-electron chi connectivity index (χ2n) is 4.05. The quantitative estimate of drug-likeness (QED) is 0.876. The lowest BCUT2D eigenvalue weighted by molar-refractivity contribution is 0.340. The monoisotopic (exact) mass is 247 g/mol. The second kappa shape index (κ2) is 5.64. The SMILES string of the molecule is CCOc1cccc(-c2noc(C(C)CN)n2)c1. The van der Waals surface area contributed by atoms with E-state index in [2.05, 4.69) is 10.1 Å². The number of nitrogens with zero attached hydrogens (tertiary/aromatic N) is 2. The summed E-state index contributed by atoms with van der Waals surface area (Å²) in [6.07, 6.45) is 0.